The van der Waals surface area contributed by atoms with E-state index < -0.39 is 11.4 Å². The van der Waals surface area contributed by atoms with Crippen LogP contribution in [0.15, 0.2) is 12.7 Å². The molecule has 0 aromatic rings. The van der Waals surface area contributed by atoms with Gasteiger partial charge in [0.05, 0.1) is 5.41 Å². The fraction of sp³-hybridized carbons (Fsp3) is 0.500. The maximum absolute atomic E-state index is 10.2. The van der Waals surface area contributed by atoms with Gasteiger partial charge >= 0.3 is 5.97 Å². The summed E-state index contributed by atoms with van der Waals surface area (Å²) in [7, 11) is 0. The normalized spacial score (nSPS) is 22.0. The molecule has 2 heteroatoms. The number of carboxylic acid groups (broad SMARTS) is 1. The summed E-state index contributed by atoms with van der Waals surface area (Å²) in [5, 5.41) is 8.43. The zero-order chi connectivity index (χ0) is 6.20. The summed E-state index contributed by atoms with van der Waals surface area (Å²) in [4.78, 5) is 10.2. The van der Waals surface area contributed by atoms with Crippen molar-refractivity contribution in [2.45, 2.75) is 12.8 Å². The van der Waals surface area contributed by atoms with Crippen molar-refractivity contribution in [1.82, 2.24) is 0 Å². The van der Waals surface area contributed by atoms with Crippen molar-refractivity contribution in [3.8, 4) is 0 Å². The summed E-state index contributed by atoms with van der Waals surface area (Å²) in [6.07, 6.45) is 3.06. The molecule has 44 valence electrons. The Morgan fingerprint density at radius 1 is 1.75 bits per heavy atom. The Balaban J connectivity index is 2.66. The van der Waals surface area contributed by atoms with Gasteiger partial charge in [-0.1, -0.05) is 6.08 Å². The topological polar surface area (TPSA) is 37.3 Å². The fourth-order valence-electron chi connectivity index (χ4n) is 0.640. The van der Waals surface area contributed by atoms with Gasteiger partial charge in [-0.05, 0) is 12.8 Å². The minimum absolute atomic E-state index is 0.528. The van der Waals surface area contributed by atoms with E-state index >= 15 is 0 Å². The van der Waals surface area contributed by atoms with Gasteiger partial charge in [0.15, 0.2) is 0 Å². The molecular formula is C6H8O2. The third-order valence-corrected chi connectivity index (χ3v) is 1.61. The summed E-state index contributed by atoms with van der Waals surface area (Å²) in [5.74, 6) is -0.729. The molecule has 0 amide bonds. The lowest BCUT2D eigenvalue weighted by Crippen LogP contribution is -2.10. The first kappa shape index (κ1) is 5.35. The second kappa shape index (κ2) is 1.34. The van der Waals surface area contributed by atoms with E-state index in [0.29, 0.717) is 0 Å². The molecule has 8 heavy (non-hydrogen) atoms. The lowest BCUT2D eigenvalue weighted by molar-refractivity contribution is -0.141. The Morgan fingerprint density at radius 3 is 2.25 bits per heavy atom. The number of aliphatic carboxylic acids is 1. The minimum Gasteiger partial charge on any atom is -0.481 e. The van der Waals surface area contributed by atoms with Crippen LogP contribution < -0.4 is 0 Å². The zero-order valence-corrected chi connectivity index (χ0v) is 4.55. The van der Waals surface area contributed by atoms with Gasteiger partial charge in [0.2, 0.25) is 0 Å². The number of hydrogen-bond donors (Lipinski definition) is 1. The van der Waals surface area contributed by atoms with Gasteiger partial charge < -0.3 is 5.11 Å². The molecule has 0 heterocycles. The van der Waals surface area contributed by atoms with Gasteiger partial charge in [0, 0.05) is 0 Å². The fourth-order valence-corrected chi connectivity index (χ4v) is 0.640. The molecule has 1 N–H and O–H groups in total. The lowest BCUT2D eigenvalue weighted by atomic mass is 10.1. The number of carboxylic acids is 1. The first-order valence-electron chi connectivity index (χ1n) is 2.58. The first-order chi connectivity index (χ1) is 3.71. The van der Waals surface area contributed by atoms with Crippen molar-refractivity contribution in [3.05, 3.63) is 12.7 Å². The van der Waals surface area contributed by atoms with Crippen LogP contribution in [0.1, 0.15) is 12.8 Å². The van der Waals surface area contributed by atoms with Crippen LogP contribution in [0.3, 0.4) is 0 Å². The van der Waals surface area contributed by atoms with Crippen molar-refractivity contribution in [2.24, 2.45) is 5.41 Å². The summed E-state index contributed by atoms with van der Waals surface area (Å²) in [6.45, 7) is 3.44. The summed E-state index contributed by atoms with van der Waals surface area (Å²) in [6, 6.07) is 0. The van der Waals surface area contributed by atoms with Crippen LogP contribution in [0.4, 0.5) is 0 Å². The lowest BCUT2D eigenvalue weighted by Gasteiger charge is -1.97. The second-order valence-corrected chi connectivity index (χ2v) is 2.17. The Bertz CT molecular complexity index is 133. The Labute approximate surface area is 47.8 Å². The maximum atomic E-state index is 10.2. The van der Waals surface area contributed by atoms with Gasteiger partial charge in [0.1, 0.15) is 0 Å². The summed E-state index contributed by atoms with van der Waals surface area (Å²) in [5.41, 5.74) is -0.528. The SMILES string of the molecule is C=CC1(C(=O)O)CC1. The van der Waals surface area contributed by atoms with E-state index in [4.69, 9.17) is 5.11 Å². The Morgan fingerprint density at radius 2 is 2.25 bits per heavy atom. The van der Waals surface area contributed by atoms with Crippen molar-refractivity contribution in [2.75, 3.05) is 0 Å². The van der Waals surface area contributed by atoms with Crippen molar-refractivity contribution < 1.29 is 9.90 Å². The van der Waals surface area contributed by atoms with E-state index in [9.17, 15) is 4.79 Å². The molecule has 2 nitrogen and oxygen atoms in total. The van der Waals surface area contributed by atoms with Crippen LogP contribution in [0, 0.1) is 5.41 Å². The average Bonchev–Trinajstić information content (AvgIpc) is 2.44. The molecule has 0 atom stereocenters. The van der Waals surface area contributed by atoms with E-state index in [-0.39, 0.29) is 0 Å². The van der Waals surface area contributed by atoms with E-state index in [2.05, 4.69) is 6.58 Å². The third kappa shape index (κ3) is 0.529. The van der Waals surface area contributed by atoms with Crippen molar-refractivity contribution in [1.29, 1.82) is 0 Å². The van der Waals surface area contributed by atoms with Gasteiger partial charge in [-0.2, -0.15) is 0 Å². The molecule has 0 unspecified atom stereocenters. The van der Waals surface area contributed by atoms with E-state index in [0.717, 1.165) is 12.8 Å². The molecule has 0 aromatic carbocycles. The molecule has 0 aromatic heterocycles. The van der Waals surface area contributed by atoms with Crippen molar-refractivity contribution in [3.63, 3.8) is 0 Å². The number of hydrogen-bond acceptors (Lipinski definition) is 1. The van der Waals surface area contributed by atoms with Gasteiger partial charge in [-0.3, -0.25) is 4.79 Å². The van der Waals surface area contributed by atoms with E-state index in [1.807, 2.05) is 0 Å². The smallest absolute Gasteiger partial charge is 0.313 e. The molecule has 0 bridgehead atoms. The predicted molar refractivity (Wildman–Crippen MR) is 29.5 cm³/mol. The molecule has 0 saturated heterocycles. The summed E-state index contributed by atoms with van der Waals surface area (Å²) >= 11 is 0. The third-order valence-electron chi connectivity index (χ3n) is 1.61. The monoisotopic (exact) mass is 112 g/mol. The van der Waals surface area contributed by atoms with Gasteiger partial charge in [0.25, 0.3) is 0 Å². The molecule has 1 fully saturated rings. The van der Waals surface area contributed by atoms with Crippen LogP contribution >= 0.6 is 0 Å². The quantitative estimate of drug-likeness (QED) is 0.542. The molecule has 1 aliphatic rings. The van der Waals surface area contributed by atoms with E-state index in [1.54, 1.807) is 0 Å². The first-order valence-corrected chi connectivity index (χ1v) is 2.58. The minimum atomic E-state index is -0.729. The van der Waals surface area contributed by atoms with Crippen LogP contribution in [-0.4, -0.2) is 11.1 Å². The molecule has 1 saturated carbocycles. The average molecular weight is 112 g/mol. The van der Waals surface area contributed by atoms with Crippen LogP contribution in [0.5, 0.6) is 0 Å². The number of carbonyl (C=O) groups is 1. The zero-order valence-electron chi connectivity index (χ0n) is 4.55. The molecule has 0 radical (unpaired) electrons. The highest BCUT2D eigenvalue weighted by atomic mass is 16.4. The van der Waals surface area contributed by atoms with Crippen LogP contribution in [0.25, 0.3) is 0 Å². The highest BCUT2D eigenvalue weighted by molar-refractivity contribution is 5.80. The highest BCUT2D eigenvalue weighted by Crippen LogP contribution is 2.46. The molecule has 1 aliphatic carbocycles. The van der Waals surface area contributed by atoms with Crippen LogP contribution in [-0.2, 0) is 4.79 Å². The number of rotatable bonds is 2. The molecular weight excluding hydrogens is 104 g/mol. The van der Waals surface area contributed by atoms with Crippen LogP contribution in [0.2, 0.25) is 0 Å². The van der Waals surface area contributed by atoms with E-state index in [1.165, 1.54) is 6.08 Å². The molecule has 0 aliphatic heterocycles. The van der Waals surface area contributed by atoms with Gasteiger partial charge in [-0.15, -0.1) is 6.58 Å². The maximum Gasteiger partial charge on any atom is 0.313 e. The Kier molecular flexibility index (Phi) is 0.897. The van der Waals surface area contributed by atoms with Crippen molar-refractivity contribution >= 4 is 5.97 Å². The second-order valence-electron chi connectivity index (χ2n) is 2.17. The standard InChI is InChI=1S/C6H8O2/c1-2-6(3-4-6)5(7)8/h2H,1,3-4H2,(H,7,8). The molecule has 0 spiro atoms. The molecule has 1 rings (SSSR count). The summed E-state index contributed by atoms with van der Waals surface area (Å²) < 4.78 is 0. The predicted octanol–water partition coefficient (Wildman–Crippen LogP) is 1.04. The Hall–Kier alpha value is -0.790. The highest BCUT2D eigenvalue weighted by Gasteiger charge is 2.47. The largest absolute Gasteiger partial charge is 0.481 e. The van der Waals surface area contributed by atoms with Gasteiger partial charge in [-0.25, -0.2) is 0 Å².